The van der Waals surface area contributed by atoms with E-state index in [0.717, 1.165) is 10.8 Å². The molecule has 0 spiro atoms. The summed E-state index contributed by atoms with van der Waals surface area (Å²) in [5.74, 6) is 5.03. The summed E-state index contributed by atoms with van der Waals surface area (Å²) in [5, 5.41) is 11.0. The summed E-state index contributed by atoms with van der Waals surface area (Å²) in [4.78, 5) is 23.7. The van der Waals surface area contributed by atoms with Gasteiger partial charge in [0.15, 0.2) is 5.84 Å². The molecule has 0 aliphatic carbocycles. The largest absolute Gasteiger partial charge is 0.465 e. The molecule has 0 saturated heterocycles. The Morgan fingerprint density at radius 1 is 1.14 bits per heavy atom. The molecule has 1 amide bonds. The zero-order valence-corrected chi connectivity index (χ0v) is 16.0. The van der Waals surface area contributed by atoms with Gasteiger partial charge in [-0.05, 0) is 49.4 Å². The van der Waals surface area contributed by atoms with Crippen LogP contribution in [0.25, 0.3) is 0 Å². The third-order valence-electron chi connectivity index (χ3n) is 3.75. The van der Waals surface area contributed by atoms with Gasteiger partial charge in [0, 0.05) is 36.1 Å². The Balaban J connectivity index is 2.36. The molecule has 0 aliphatic rings. The number of hydrazine groups is 1. The second kappa shape index (κ2) is 9.38. The van der Waals surface area contributed by atoms with E-state index in [2.05, 4.69) is 15.7 Å². The van der Waals surface area contributed by atoms with Gasteiger partial charge in [0.1, 0.15) is 0 Å². The Morgan fingerprint density at radius 3 is 2.36 bits per heavy atom. The topological polar surface area (TPSA) is 135 Å². The molecule has 9 nitrogen and oxygen atoms in total. The SMILES string of the molecule is CCNC(=O)c1ccc(Nc2ccc(C(=O)OC)cc2/C(N)=N/N(C)N)cc1. The first-order valence-corrected chi connectivity index (χ1v) is 8.56. The predicted molar refractivity (Wildman–Crippen MR) is 108 cm³/mol. The van der Waals surface area contributed by atoms with Gasteiger partial charge in [0.25, 0.3) is 5.91 Å². The number of nitrogens with two attached hydrogens (primary N) is 2. The summed E-state index contributed by atoms with van der Waals surface area (Å²) in [5.41, 5.74) is 8.75. The number of carbonyl (C=O) groups is 2. The van der Waals surface area contributed by atoms with E-state index in [-0.39, 0.29) is 11.7 Å². The number of hydrogen-bond donors (Lipinski definition) is 4. The lowest BCUT2D eigenvalue weighted by molar-refractivity contribution is 0.0600. The quantitative estimate of drug-likeness (QED) is 0.186. The molecule has 0 aromatic heterocycles. The minimum absolute atomic E-state index is 0.122. The molecule has 6 N–H and O–H groups in total. The van der Waals surface area contributed by atoms with E-state index >= 15 is 0 Å². The van der Waals surface area contributed by atoms with E-state index in [9.17, 15) is 9.59 Å². The van der Waals surface area contributed by atoms with Crippen molar-refractivity contribution in [3.8, 4) is 0 Å². The maximum Gasteiger partial charge on any atom is 0.337 e. The van der Waals surface area contributed by atoms with Gasteiger partial charge in [-0.3, -0.25) is 4.79 Å². The van der Waals surface area contributed by atoms with Crippen LogP contribution in [0.4, 0.5) is 11.4 Å². The van der Waals surface area contributed by atoms with Gasteiger partial charge in [0.2, 0.25) is 0 Å². The first kappa shape index (κ1) is 20.7. The number of nitrogens with one attached hydrogen (secondary N) is 2. The highest BCUT2D eigenvalue weighted by Crippen LogP contribution is 2.23. The Kier molecular flexibility index (Phi) is 6.94. The number of nitrogens with zero attached hydrogens (tertiary/aromatic N) is 2. The molecular formula is C19H24N6O3. The standard InChI is InChI=1S/C19H24N6O3/c1-4-22-18(26)12-5-8-14(9-6-12)23-16-10-7-13(19(27)28-3)11-15(16)17(20)24-25(2)21/h5-11,23H,4,21H2,1-3H3,(H2,20,24)(H,22,26). The van der Waals surface area contributed by atoms with Crippen molar-refractivity contribution in [1.29, 1.82) is 0 Å². The van der Waals surface area contributed by atoms with E-state index in [4.69, 9.17) is 16.3 Å². The molecule has 2 rings (SSSR count). The number of amides is 1. The second-order valence-electron chi connectivity index (χ2n) is 5.87. The first-order valence-electron chi connectivity index (χ1n) is 8.56. The average molecular weight is 384 g/mol. The third-order valence-corrected chi connectivity index (χ3v) is 3.75. The highest BCUT2D eigenvalue weighted by molar-refractivity contribution is 6.05. The van der Waals surface area contributed by atoms with E-state index < -0.39 is 5.97 Å². The van der Waals surface area contributed by atoms with Crippen molar-refractivity contribution in [1.82, 2.24) is 10.4 Å². The minimum atomic E-state index is -0.493. The highest BCUT2D eigenvalue weighted by atomic mass is 16.5. The summed E-state index contributed by atoms with van der Waals surface area (Å²) in [6.07, 6.45) is 0. The lowest BCUT2D eigenvalue weighted by Gasteiger charge is -2.15. The summed E-state index contributed by atoms with van der Waals surface area (Å²) in [7, 11) is 2.83. The fourth-order valence-corrected chi connectivity index (χ4v) is 2.46. The lowest BCUT2D eigenvalue weighted by Crippen LogP contribution is -2.26. The van der Waals surface area contributed by atoms with Crippen LogP contribution in [0.3, 0.4) is 0 Å². The zero-order valence-electron chi connectivity index (χ0n) is 16.0. The number of esters is 1. The molecular weight excluding hydrogens is 360 g/mol. The Hall–Kier alpha value is -3.59. The molecule has 0 bridgehead atoms. The van der Waals surface area contributed by atoms with Gasteiger partial charge in [-0.2, -0.15) is 0 Å². The number of benzene rings is 2. The van der Waals surface area contributed by atoms with Gasteiger partial charge in [0.05, 0.1) is 12.7 Å². The molecule has 2 aromatic rings. The smallest absolute Gasteiger partial charge is 0.337 e. The minimum Gasteiger partial charge on any atom is -0.465 e. The van der Waals surface area contributed by atoms with Gasteiger partial charge in [-0.15, -0.1) is 5.10 Å². The number of ether oxygens (including phenoxy) is 1. The normalized spacial score (nSPS) is 10.9. The number of hydrogen-bond acceptors (Lipinski definition) is 7. The molecule has 9 heteroatoms. The maximum atomic E-state index is 11.9. The van der Waals surface area contributed by atoms with Crippen LogP contribution in [0, 0.1) is 0 Å². The van der Waals surface area contributed by atoms with E-state index in [1.54, 1.807) is 42.5 Å². The van der Waals surface area contributed by atoms with E-state index in [0.29, 0.717) is 28.9 Å². The van der Waals surface area contributed by atoms with Crippen molar-refractivity contribution in [2.24, 2.45) is 16.7 Å². The fraction of sp³-hybridized carbons (Fsp3) is 0.211. The van der Waals surface area contributed by atoms with Crippen LogP contribution in [-0.4, -0.2) is 43.5 Å². The third kappa shape index (κ3) is 5.21. The van der Waals surface area contributed by atoms with Crippen molar-refractivity contribution in [2.75, 3.05) is 26.0 Å². The number of rotatable bonds is 7. The number of anilines is 2. The zero-order chi connectivity index (χ0) is 20.7. The van der Waals surface area contributed by atoms with Crippen molar-refractivity contribution < 1.29 is 14.3 Å². The van der Waals surface area contributed by atoms with Crippen molar-refractivity contribution in [3.05, 3.63) is 59.2 Å². The molecule has 2 aromatic carbocycles. The molecule has 0 aliphatic heterocycles. The van der Waals surface area contributed by atoms with E-state index in [1.807, 2.05) is 6.92 Å². The molecule has 0 atom stereocenters. The Labute approximate surface area is 163 Å². The van der Waals surface area contributed by atoms with Crippen LogP contribution in [0.15, 0.2) is 47.6 Å². The van der Waals surface area contributed by atoms with Crippen molar-refractivity contribution in [3.63, 3.8) is 0 Å². The number of hydrazone groups is 1. The first-order chi connectivity index (χ1) is 13.3. The molecule has 0 fully saturated rings. The van der Waals surface area contributed by atoms with Crippen LogP contribution >= 0.6 is 0 Å². The van der Waals surface area contributed by atoms with Crippen molar-refractivity contribution in [2.45, 2.75) is 6.92 Å². The average Bonchev–Trinajstić information content (AvgIpc) is 2.67. The molecule has 148 valence electrons. The predicted octanol–water partition coefficient (Wildman–Crippen LogP) is 1.39. The summed E-state index contributed by atoms with van der Waals surface area (Å²) >= 11 is 0. The van der Waals surface area contributed by atoms with Crippen LogP contribution in [0.1, 0.15) is 33.2 Å². The van der Waals surface area contributed by atoms with Crippen LogP contribution in [0.2, 0.25) is 0 Å². The van der Waals surface area contributed by atoms with Gasteiger partial charge >= 0.3 is 5.97 Å². The van der Waals surface area contributed by atoms with Gasteiger partial charge in [-0.1, -0.05) is 0 Å². The van der Waals surface area contributed by atoms with E-state index in [1.165, 1.54) is 14.2 Å². The molecule has 0 radical (unpaired) electrons. The molecule has 28 heavy (non-hydrogen) atoms. The number of amidine groups is 1. The monoisotopic (exact) mass is 384 g/mol. The molecule has 0 saturated carbocycles. The van der Waals surface area contributed by atoms with Crippen LogP contribution in [-0.2, 0) is 4.74 Å². The molecule has 0 unspecified atom stereocenters. The Morgan fingerprint density at radius 2 is 1.79 bits per heavy atom. The summed E-state index contributed by atoms with van der Waals surface area (Å²) in [6.45, 7) is 2.42. The van der Waals surface area contributed by atoms with Crippen molar-refractivity contribution >= 4 is 29.1 Å². The summed E-state index contributed by atoms with van der Waals surface area (Å²) in [6, 6.07) is 11.8. The Bertz CT molecular complexity index is 878. The summed E-state index contributed by atoms with van der Waals surface area (Å²) < 4.78 is 4.75. The van der Waals surface area contributed by atoms with Crippen LogP contribution < -0.4 is 22.2 Å². The lowest BCUT2D eigenvalue weighted by atomic mass is 10.1. The van der Waals surface area contributed by atoms with Crippen LogP contribution in [0.5, 0.6) is 0 Å². The van der Waals surface area contributed by atoms with Gasteiger partial charge in [-0.25, -0.2) is 15.8 Å². The highest BCUT2D eigenvalue weighted by Gasteiger charge is 2.14. The number of carbonyl (C=O) groups excluding carboxylic acids is 2. The maximum absolute atomic E-state index is 11.9. The molecule has 0 heterocycles. The number of methoxy groups -OCH3 is 1. The van der Waals surface area contributed by atoms with Gasteiger partial charge < -0.3 is 21.1 Å². The fourth-order valence-electron chi connectivity index (χ4n) is 2.46. The second-order valence-corrected chi connectivity index (χ2v) is 5.87.